The lowest BCUT2D eigenvalue weighted by Crippen LogP contribution is -2.26. The van der Waals surface area contributed by atoms with Crippen LogP contribution >= 0.6 is 0 Å². The van der Waals surface area contributed by atoms with Crippen molar-refractivity contribution in [2.24, 2.45) is 0 Å². The number of allylic oxidation sites excluding steroid dienone is 2. The van der Waals surface area contributed by atoms with E-state index in [2.05, 4.69) is 6.08 Å². The maximum Gasteiger partial charge on any atom is 0.340 e. The first-order valence-electron chi connectivity index (χ1n) is 9.85. The molecule has 0 saturated carbocycles. The van der Waals surface area contributed by atoms with E-state index < -0.39 is 5.97 Å². The number of carbonyl (C=O) groups excluding carboxylic acids is 2. The molecule has 1 heterocycles. The Bertz CT molecular complexity index is 910. The maximum atomic E-state index is 13.2. The predicted molar refractivity (Wildman–Crippen MR) is 110 cm³/mol. The van der Waals surface area contributed by atoms with Crippen molar-refractivity contribution < 1.29 is 24.2 Å². The third-order valence-electron chi connectivity index (χ3n) is 5.49. The van der Waals surface area contributed by atoms with E-state index in [9.17, 15) is 14.7 Å². The fourth-order valence-corrected chi connectivity index (χ4v) is 3.86. The SMILES string of the molecule is COC(=O)C1=C(C)N(CCC2=CCCCC2)C(=O)/C1=C\c1cccc(OC)c1O. The van der Waals surface area contributed by atoms with Gasteiger partial charge in [-0.25, -0.2) is 4.79 Å². The van der Waals surface area contributed by atoms with Crippen LogP contribution in [0.2, 0.25) is 0 Å². The van der Waals surface area contributed by atoms with E-state index in [0.717, 1.165) is 19.3 Å². The third kappa shape index (κ3) is 4.21. The van der Waals surface area contributed by atoms with Crippen molar-refractivity contribution in [2.75, 3.05) is 20.8 Å². The molecule has 1 aliphatic heterocycles. The van der Waals surface area contributed by atoms with Crippen LogP contribution in [0.4, 0.5) is 0 Å². The molecule has 0 fully saturated rings. The second-order valence-electron chi connectivity index (χ2n) is 7.22. The summed E-state index contributed by atoms with van der Waals surface area (Å²) in [7, 11) is 2.75. The van der Waals surface area contributed by atoms with Gasteiger partial charge in [0.2, 0.25) is 0 Å². The number of nitrogens with zero attached hydrogens (tertiary/aromatic N) is 1. The highest BCUT2D eigenvalue weighted by Gasteiger charge is 2.37. The minimum Gasteiger partial charge on any atom is -0.504 e. The zero-order valence-electron chi connectivity index (χ0n) is 17.2. The largest absolute Gasteiger partial charge is 0.504 e. The normalized spacial score (nSPS) is 18.3. The van der Waals surface area contributed by atoms with Crippen molar-refractivity contribution in [3.05, 3.63) is 52.3 Å². The topological polar surface area (TPSA) is 76.1 Å². The third-order valence-corrected chi connectivity index (χ3v) is 5.49. The van der Waals surface area contributed by atoms with E-state index in [4.69, 9.17) is 9.47 Å². The molecule has 1 N–H and O–H groups in total. The Morgan fingerprint density at radius 2 is 2.07 bits per heavy atom. The Morgan fingerprint density at radius 1 is 1.28 bits per heavy atom. The van der Waals surface area contributed by atoms with E-state index >= 15 is 0 Å². The maximum absolute atomic E-state index is 13.2. The Kier molecular flexibility index (Phi) is 6.42. The number of phenols is 1. The highest BCUT2D eigenvalue weighted by Crippen LogP contribution is 2.36. The highest BCUT2D eigenvalue weighted by atomic mass is 16.5. The summed E-state index contributed by atoms with van der Waals surface area (Å²) in [5, 5.41) is 10.4. The Balaban J connectivity index is 1.95. The van der Waals surface area contributed by atoms with Gasteiger partial charge >= 0.3 is 5.97 Å². The van der Waals surface area contributed by atoms with Gasteiger partial charge in [-0.05, 0) is 51.2 Å². The van der Waals surface area contributed by atoms with Crippen molar-refractivity contribution in [1.29, 1.82) is 0 Å². The first kappa shape index (κ1) is 20.7. The molecule has 3 rings (SSSR count). The smallest absolute Gasteiger partial charge is 0.340 e. The molecular weight excluding hydrogens is 370 g/mol. The number of rotatable bonds is 6. The molecule has 0 atom stereocenters. The number of phenolic OH excluding ortho intramolecular Hbond substituents is 1. The number of methoxy groups -OCH3 is 2. The summed E-state index contributed by atoms with van der Waals surface area (Å²) < 4.78 is 10.1. The van der Waals surface area contributed by atoms with Gasteiger partial charge in [0.25, 0.3) is 5.91 Å². The van der Waals surface area contributed by atoms with Crippen molar-refractivity contribution in [1.82, 2.24) is 4.90 Å². The van der Waals surface area contributed by atoms with Gasteiger partial charge < -0.3 is 19.5 Å². The molecule has 2 aliphatic rings. The van der Waals surface area contributed by atoms with Gasteiger partial charge in [-0.1, -0.05) is 23.8 Å². The molecule has 0 saturated heterocycles. The van der Waals surface area contributed by atoms with Crippen LogP contribution in [0, 0.1) is 0 Å². The molecule has 6 nitrogen and oxygen atoms in total. The average Bonchev–Trinajstić information content (AvgIpc) is 2.97. The molecule has 1 aliphatic carbocycles. The summed E-state index contributed by atoms with van der Waals surface area (Å²) in [5.41, 5.74) is 2.79. The summed E-state index contributed by atoms with van der Waals surface area (Å²) in [4.78, 5) is 27.2. The van der Waals surface area contributed by atoms with Crippen molar-refractivity contribution in [2.45, 2.75) is 39.0 Å². The monoisotopic (exact) mass is 397 g/mol. The fourth-order valence-electron chi connectivity index (χ4n) is 3.86. The lowest BCUT2D eigenvalue weighted by molar-refractivity contribution is -0.136. The zero-order chi connectivity index (χ0) is 21.0. The van der Waals surface area contributed by atoms with Crippen LogP contribution in [0.3, 0.4) is 0 Å². The zero-order valence-corrected chi connectivity index (χ0v) is 17.2. The van der Waals surface area contributed by atoms with Crippen LogP contribution in [0.25, 0.3) is 6.08 Å². The molecule has 1 amide bonds. The number of para-hydroxylation sites is 1. The van der Waals surface area contributed by atoms with Gasteiger partial charge in [0, 0.05) is 17.8 Å². The number of benzene rings is 1. The van der Waals surface area contributed by atoms with Gasteiger partial charge in [-0.3, -0.25) is 4.79 Å². The summed E-state index contributed by atoms with van der Waals surface area (Å²) >= 11 is 0. The van der Waals surface area contributed by atoms with E-state index in [0.29, 0.717) is 23.6 Å². The van der Waals surface area contributed by atoms with E-state index in [1.807, 2.05) is 0 Å². The predicted octanol–water partition coefficient (Wildman–Crippen LogP) is 3.96. The van der Waals surface area contributed by atoms with Crippen molar-refractivity contribution in [3.63, 3.8) is 0 Å². The Hall–Kier alpha value is -3.02. The van der Waals surface area contributed by atoms with Gasteiger partial charge in [0.15, 0.2) is 11.5 Å². The first-order valence-corrected chi connectivity index (χ1v) is 9.85. The van der Waals surface area contributed by atoms with Gasteiger partial charge in [0.05, 0.1) is 25.4 Å². The minimum atomic E-state index is -0.566. The van der Waals surface area contributed by atoms with Crippen LogP contribution in [0.15, 0.2) is 46.7 Å². The molecule has 29 heavy (non-hydrogen) atoms. The van der Waals surface area contributed by atoms with Gasteiger partial charge in [-0.2, -0.15) is 0 Å². The molecule has 1 aromatic rings. The molecule has 154 valence electrons. The Labute approximate surface area is 171 Å². The summed E-state index contributed by atoms with van der Waals surface area (Å²) in [6.45, 7) is 2.27. The van der Waals surface area contributed by atoms with Crippen molar-refractivity contribution in [3.8, 4) is 11.5 Å². The number of hydrogen-bond donors (Lipinski definition) is 1. The second kappa shape index (κ2) is 8.99. The number of aromatic hydroxyl groups is 1. The quantitative estimate of drug-likeness (QED) is 0.447. The van der Waals surface area contributed by atoms with Crippen LogP contribution < -0.4 is 4.74 Å². The number of hydrogen-bond acceptors (Lipinski definition) is 5. The summed E-state index contributed by atoms with van der Waals surface area (Å²) in [6, 6.07) is 5.00. The number of amides is 1. The standard InChI is InChI=1S/C23H27NO5/c1-15-20(23(27)29-3)18(14-17-10-7-11-19(28-2)21(17)25)22(26)24(15)13-12-16-8-5-4-6-9-16/h7-8,10-11,14,25H,4-6,9,12-13H2,1-3H3/b18-14-. The van der Waals surface area contributed by atoms with E-state index in [1.165, 1.54) is 38.7 Å². The lowest BCUT2D eigenvalue weighted by atomic mass is 9.97. The molecule has 0 bridgehead atoms. The average molecular weight is 397 g/mol. The molecular formula is C23H27NO5. The van der Waals surface area contributed by atoms with Crippen LogP contribution in [-0.4, -0.2) is 42.6 Å². The van der Waals surface area contributed by atoms with Gasteiger partial charge in [-0.15, -0.1) is 0 Å². The number of esters is 1. The van der Waals surface area contributed by atoms with Crippen LogP contribution in [0.5, 0.6) is 11.5 Å². The molecule has 0 spiro atoms. The van der Waals surface area contributed by atoms with Gasteiger partial charge in [0.1, 0.15) is 0 Å². The van der Waals surface area contributed by atoms with E-state index in [1.54, 1.807) is 30.0 Å². The highest BCUT2D eigenvalue weighted by molar-refractivity contribution is 6.16. The first-order chi connectivity index (χ1) is 14.0. The molecule has 0 aromatic heterocycles. The minimum absolute atomic E-state index is 0.0806. The second-order valence-corrected chi connectivity index (χ2v) is 7.22. The van der Waals surface area contributed by atoms with Crippen LogP contribution in [0.1, 0.15) is 44.6 Å². The van der Waals surface area contributed by atoms with Crippen LogP contribution in [-0.2, 0) is 14.3 Å². The van der Waals surface area contributed by atoms with E-state index in [-0.39, 0.29) is 22.8 Å². The lowest BCUT2D eigenvalue weighted by Gasteiger charge is -2.20. The Morgan fingerprint density at radius 3 is 2.72 bits per heavy atom. The summed E-state index contributed by atoms with van der Waals surface area (Å²) in [6.07, 6.45) is 9.12. The molecule has 0 radical (unpaired) electrons. The molecule has 0 unspecified atom stereocenters. The summed E-state index contributed by atoms with van der Waals surface area (Å²) in [5.74, 6) is -0.611. The number of carbonyl (C=O) groups is 2. The molecule has 6 heteroatoms. The fraction of sp³-hybridized carbons (Fsp3) is 0.391. The number of ether oxygens (including phenoxy) is 2. The molecule has 1 aromatic carbocycles. The van der Waals surface area contributed by atoms with Crippen molar-refractivity contribution >= 4 is 18.0 Å².